The first-order chi connectivity index (χ1) is 17.9. The monoisotopic (exact) mass is 627 g/mol. The number of carbonyl (C=O) groups excluding carboxylic acids is 2. The highest BCUT2D eigenvalue weighted by atomic mass is 79.9. The molecule has 37 heavy (non-hydrogen) atoms. The topological polar surface area (TPSA) is 55.8 Å². The molecular formula is C30H31Br2NO4. The van der Waals surface area contributed by atoms with Crippen molar-refractivity contribution >= 4 is 43.4 Å². The molecular weight excluding hydrogens is 598 g/mol. The third-order valence-corrected chi connectivity index (χ3v) is 8.48. The number of nitrogens with zero attached hydrogens (tertiary/aromatic N) is 1. The smallest absolute Gasteiger partial charge is 0.175 e. The molecule has 0 bridgehead atoms. The number of ether oxygens (including phenoxy) is 2. The Bertz CT molecular complexity index is 1250. The fourth-order valence-electron chi connectivity index (χ4n) is 5.83. The molecule has 2 aromatic carbocycles. The van der Waals surface area contributed by atoms with E-state index in [4.69, 9.17) is 9.47 Å². The van der Waals surface area contributed by atoms with Gasteiger partial charge in [-0.25, -0.2) is 0 Å². The lowest BCUT2D eigenvalue weighted by atomic mass is 9.71. The summed E-state index contributed by atoms with van der Waals surface area (Å²) in [5, 5.41) is 0. The fraction of sp³-hybridized carbons (Fsp3) is 0.400. The normalized spacial score (nSPS) is 18.2. The molecule has 7 heteroatoms. The summed E-state index contributed by atoms with van der Waals surface area (Å²) < 4.78 is 14.0. The van der Waals surface area contributed by atoms with Crippen LogP contribution in [0.5, 0.6) is 11.5 Å². The zero-order valence-electron chi connectivity index (χ0n) is 21.2. The zero-order valence-corrected chi connectivity index (χ0v) is 24.4. The predicted octanol–water partition coefficient (Wildman–Crippen LogP) is 7.62. The number of hydrogen-bond donors (Lipinski definition) is 0. The van der Waals surface area contributed by atoms with Crippen molar-refractivity contribution in [3.05, 3.63) is 79.0 Å². The Morgan fingerprint density at radius 3 is 2.05 bits per heavy atom. The Morgan fingerprint density at radius 1 is 0.865 bits per heavy atom. The van der Waals surface area contributed by atoms with Crippen molar-refractivity contribution in [2.24, 2.45) is 0 Å². The maximum atomic E-state index is 13.4. The Labute approximate surface area is 235 Å². The van der Waals surface area contributed by atoms with Crippen molar-refractivity contribution in [3.63, 3.8) is 0 Å². The number of ketones is 2. The van der Waals surface area contributed by atoms with E-state index in [0.717, 1.165) is 74.8 Å². The van der Waals surface area contributed by atoms with Gasteiger partial charge >= 0.3 is 0 Å². The van der Waals surface area contributed by atoms with Gasteiger partial charge in [-0.3, -0.25) is 9.59 Å². The maximum absolute atomic E-state index is 13.4. The van der Waals surface area contributed by atoms with Crippen LogP contribution < -0.4 is 9.47 Å². The molecule has 0 amide bonds. The Morgan fingerprint density at radius 2 is 1.49 bits per heavy atom. The van der Waals surface area contributed by atoms with Crippen LogP contribution in [0.2, 0.25) is 0 Å². The van der Waals surface area contributed by atoms with Crippen LogP contribution in [-0.2, 0) is 16.2 Å². The van der Waals surface area contributed by atoms with Crippen LogP contribution in [-0.4, -0.2) is 29.6 Å². The van der Waals surface area contributed by atoms with E-state index in [0.29, 0.717) is 37.6 Å². The summed E-state index contributed by atoms with van der Waals surface area (Å²) in [6.45, 7) is 5.67. The van der Waals surface area contributed by atoms with Crippen LogP contribution in [0.15, 0.2) is 67.9 Å². The second-order valence-electron chi connectivity index (χ2n) is 9.63. The Kier molecular flexibility index (Phi) is 7.91. The molecule has 5 rings (SSSR count). The molecule has 1 heterocycles. The quantitative estimate of drug-likeness (QED) is 0.316. The van der Waals surface area contributed by atoms with Gasteiger partial charge in [0.2, 0.25) is 0 Å². The summed E-state index contributed by atoms with van der Waals surface area (Å²) in [5.74, 6) is 1.16. The largest absolute Gasteiger partial charge is 0.490 e. The van der Waals surface area contributed by atoms with E-state index in [-0.39, 0.29) is 17.5 Å². The summed E-state index contributed by atoms with van der Waals surface area (Å²) in [6.07, 6.45) is 4.49. The lowest BCUT2D eigenvalue weighted by Crippen LogP contribution is -2.39. The van der Waals surface area contributed by atoms with Gasteiger partial charge in [0.05, 0.1) is 11.1 Å². The molecule has 0 spiro atoms. The molecule has 2 aromatic rings. The minimum atomic E-state index is -0.371. The first-order valence-electron chi connectivity index (χ1n) is 13.1. The zero-order chi connectivity index (χ0) is 26.1. The minimum Gasteiger partial charge on any atom is -0.490 e. The van der Waals surface area contributed by atoms with Crippen molar-refractivity contribution in [2.75, 3.05) is 13.2 Å². The Hall–Kier alpha value is -2.38. The number of rotatable bonds is 7. The average molecular weight is 629 g/mol. The summed E-state index contributed by atoms with van der Waals surface area (Å²) in [5.41, 5.74) is 5.72. The third kappa shape index (κ3) is 5.05. The summed E-state index contributed by atoms with van der Waals surface area (Å²) >= 11 is 7.20. The van der Waals surface area contributed by atoms with Crippen molar-refractivity contribution < 1.29 is 19.1 Å². The van der Waals surface area contributed by atoms with E-state index < -0.39 is 0 Å². The average Bonchev–Trinajstić information content (AvgIpc) is 2.88. The molecule has 194 valence electrons. The molecule has 2 aliphatic carbocycles. The highest BCUT2D eigenvalue weighted by molar-refractivity contribution is 9.10. The number of hydrogen-bond acceptors (Lipinski definition) is 5. The van der Waals surface area contributed by atoms with Gasteiger partial charge in [0.25, 0.3) is 0 Å². The molecule has 0 saturated carbocycles. The highest BCUT2D eigenvalue weighted by Crippen LogP contribution is 2.51. The molecule has 0 unspecified atom stereocenters. The lowest BCUT2D eigenvalue weighted by Gasteiger charge is -2.43. The van der Waals surface area contributed by atoms with E-state index in [1.165, 1.54) is 0 Å². The van der Waals surface area contributed by atoms with Gasteiger partial charge in [-0.2, -0.15) is 0 Å². The van der Waals surface area contributed by atoms with Crippen LogP contribution in [0.1, 0.15) is 69.4 Å². The summed E-state index contributed by atoms with van der Waals surface area (Å²) in [6, 6.07) is 12.0. The fourth-order valence-corrected chi connectivity index (χ4v) is 6.66. The molecule has 0 aromatic heterocycles. The van der Waals surface area contributed by atoms with Gasteiger partial charge in [0.1, 0.15) is 6.61 Å². The molecule has 5 nitrogen and oxygen atoms in total. The van der Waals surface area contributed by atoms with E-state index in [9.17, 15) is 9.59 Å². The van der Waals surface area contributed by atoms with Gasteiger partial charge < -0.3 is 14.4 Å². The van der Waals surface area contributed by atoms with Gasteiger partial charge in [-0.15, -0.1) is 0 Å². The van der Waals surface area contributed by atoms with E-state index in [1.54, 1.807) is 0 Å². The lowest BCUT2D eigenvalue weighted by molar-refractivity contribution is -0.117. The minimum absolute atomic E-state index is 0.152. The molecule has 0 fully saturated rings. The SMILES string of the molecule is CCOc1cc(C2C3=C(CCCC3=O)N(CC)C3=C2C(=O)CCC3)cc(Br)c1OCc1ccc(Br)cc1. The van der Waals surface area contributed by atoms with Gasteiger partial charge in [-0.1, -0.05) is 28.1 Å². The summed E-state index contributed by atoms with van der Waals surface area (Å²) in [7, 11) is 0. The number of carbonyl (C=O) groups is 2. The van der Waals surface area contributed by atoms with Crippen LogP contribution >= 0.6 is 31.9 Å². The molecule has 0 N–H and O–H groups in total. The van der Waals surface area contributed by atoms with Crippen molar-refractivity contribution in [1.82, 2.24) is 4.90 Å². The van der Waals surface area contributed by atoms with Crippen molar-refractivity contribution in [3.8, 4) is 11.5 Å². The molecule has 0 saturated heterocycles. The standard InChI is InChI=1S/C30H31Br2NO4/c1-3-33-22-7-5-9-24(34)28(22)27(29-23(33)8-6-10-25(29)35)19-15-21(32)30(26(16-19)36-4-2)37-17-18-11-13-20(31)14-12-18/h11-16,27H,3-10,17H2,1-2H3. The van der Waals surface area contributed by atoms with Gasteiger partial charge in [-0.05, 0) is 90.9 Å². The van der Waals surface area contributed by atoms with E-state index >= 15 is 0 Å². The van der Waals surface area contributed by atoms with Crippen LogP contribution in [0.3, 0.4) is 0 Å². The Balaban J connectivity index is 1.60. The maximum Gasteiger partial charge on any atom is 0.175 e. The first-order valence-corrected chi connectivity index (χ1v) is 14.6. The van der Waals surface area contributed by atoms with Crippen LogP contribution in [0.25, 0.3) is 0 Å². The van der Waals surface area contributed by atoms with Crippen molar-refractivity contribution in [2.45, 2.75) is 64.9 Å². The third-order valence-electron chi connectivity index (χ3n) is 7.36. The van der Waals surface area contributed by atoms with Crippen LogP contribution in [0, 0.1) is 0 Å². The van der Waals surface area contributed by atoms with Crippen LogP contribution in [0.4, 0.5) is 0 Å². The van der Waals surface area contributed by atoms with E-state index in [2.05, 4.69) is 43.7 Å². The highest BCUT2D eigenvalue weighted by Gasteiger charge is 2.43. The molecule has 1 aliphatic heterocycles. The van der Waals surface area contributed by atoms with Crippen molar-refractivity contribution in [1.29, 1.82) is 0 Å². The second kappa shape index (κ2) is 11.2. The predicted molar refractivity (Wildman–Crippen MR) is 151 cm³/mol. The molecule has 0 radical (unpaired) electrons. The first kappa shape index (κ1) is 26.2. The number of allylic oxidation sites excluding steroid dienone is 4. The number of Topliss-reactive ketones (excluding diaryl/α,β-unsaturated/α-hetero) is 2. The van der Waals surface area contributed by atoms with E-state index in [1.807, 2.05) is 43.3 Å². The van der Waals surface area contributed by atoms with Gasteiger partial charge in [0.15, 0.2) is 23.1 Å². The molecule has 0 atom stereocenters. The number of halogens is 2. The molecule has 3 aliphatic rings. The summed E-state index contributed by atoms with van der Waals surface area (Å²) in [4.78, 5) is 29.1. The van der Waals surface area contributed by atoms with Gasteiger partial charge in [0, 0.05) is 52.3 Å². The number of benzene rings is 2. The second-order valence-corrected chi connectivity index (χ2v) is 11.4.